The van der Waals surface area contributed by atoms with Gasteiger partial charge < -0.3 is 0 Å². The second kappa shape index (κ2) is 5.54. The van der Waals surface area contributed by atoms with Gasteiger partial charge in [0.15, 0.2) is 5.78 Å². The molecule has 0 N–H and O–H groups in total. The highest BCUT2D eigenvalue weighted by Crippen LogP contribution is 2.12. The van der Waals surface area contributed by atoms with Gasteiger partial charge in [0.1, 0.15) is 11.6 Å². The van der Waals surface area contributed by atoms with E-state index in [2.05, 4.69) is 0 Å². The van der Waals surface area contributed by atoms with Gasteiger partial charge in [0, 0.05) is 12.0 Å². The Bertz CT molecular complexity index is 381. The van der Waals surface area contributed by atoms with E-state index in [0.717, 1.165) is 6.42 Å². The molecule has 1 atom stereocenters. The molecule has 0 aromatic heterocycles. The lowest BCUT2D eigenvalue weighted by molar-refractivity contribution is -0.121. The van der Waals surface area contributed by atoms with Crippen LogP contribution in [0.15, 0.2) is 24.3 Å². The normalized spacial score (nSPS) is 12.2. The van der Waals surface area contributed by atoms with E-state index in [-0.39, 0.29) is 17.4 Å². The van der Waals surface area contributed by atoms with Crippen LogP contribution >= 0.6 is 0 Å². The molecule has 0 aliphatic rings. The van der Waals surface area contributed by atoms with E-state index in [0.29, 0.717) is 12.0 Å². The van der Waals surface area contributed by atoms with Crippen LogP contribution in [0.1, 0.15) is 37.0 Å². The summed E-state index contributed by atoms with van der Waals surface area (Å²) in [5.74, 6) is -1.32. The number of Topliss-reactive ketones (excluding diaryl/α,β-unsaturated/α-hetero) is 2. The van der Waals surface area contributed by atoms with Crippen LogP contribution in [-0.2, 0) is 4.79 Å². The SMILES string of the molecule is CCCC(=O)C(C)C(=O)c1ccc(F)cc1. The molecule has 86 valence electrons. The summed E-state index contributed by atoms with van der Waals surface area (Å²) < 4.78 is 12.7. The predicted octanol–water partition coefficient (Wildman–Crippen LogP) is 3.01. The topological polar surface area (TPSA) is 34.1 Å². The van der Waals surface area contributed by atoms with E-state index in [1.54, 1.807) is 6.92 Å². The molecule has 0 saturated heterocycles. The van der Waals surface area contributed by atoms with Crippen LogP contribution < -0.4 is 0 Å². The van der Waals surface area contributed by atoms with Crippen LogP contribution in [0.2, 0.25) is 0 Å². The summed E-state index contributed by atoms with van der Waals surface area (Å²) in [4.78, 5) is 23.4. The second-order valence-corrected chi connectivity index (χ2v) is 3.81. The van der Waals surface area contributed by atoms with Gasteiger partial charge in [0.25, 0.3) is 0 Å². The van der Waals surface area contributed by atoms with Crippen molar-refractivity contribution < 1.29 is 14.0 Å². The fraction of sp³-hybridized carbons (Fsp3) is 0.385. The summed E-state index contributed by atoms with van der Waals surface area (Å²) >= 11 is 0. The minimum Gasteiger partial charge on any atom is -0.299 e. The molecular weight excluding hydrogens is 207 g/mol. The Hall–Kier alpha value is -1.51. The van der Waals surface area contributed by atoms with Crippen molar-refractivity contribution in [3.05, 3.63) is 35.6 Å². The molecule has 0 spiro atoms. The zero-order chi connectivity index (χ0) is 12.1. The maximum atomic E-state index is 12.7. The number of ketones is 2. The first-order valence-corrected chi connectivity index (χ1v) is 5.38. The summed E-state index contributed by atoms with van der Waals surface area (Å²) in [5.41, 5.74) is 0.387. The Morgan fingerprint density at radius 3 is 2.31 bits per heavy atom. The van der Waals surface area contributed by atoms with Gasteiger partial charge in [-0.1, -0.05) is 6.92 Å². The molecule has 0 saturated carbocycles. The molecule has 0 amide bonds. The standard InChI is InChI=1S/C13H15FO2/c1-3-4-12(15)9(2)13(16)10-5-7-11(14)8-6-10/h5-9H,3-4H2,1-2H3. The van der Waals surface area contributed by atoms with Gasteiger partial charge in [-0.3, -0.25) is 9.59 Å². The molecule has 3 heteroatoms. The summed E-state index contributed by atoms with van der Waals surface area (Å²) in [7, 11) is 0. The third-order valence-electron chi connectivity index (χ3n) is 2.50. The molecule has 1 unspecified atom stereocenters. The lowest BCUT2D eigenvalue weighted by atomic mass is 9.93. The fourth-order valence-electron chi connectivity index (χ4n) is 1.47. The fourth-order valence-corrected chi connectivity index (χ4v) is 1.47. The highest BCUT2D eigenvalue weighted by Gasteiger charge is 2.21. The Morgan fingerprint density at radius 2 is 1.81 bits per heavy atom. The highest BCUT2D eigenvalue weighted by molar-refractivity contribution is 6.10. The number of hydrogen-bond acceptors (Lipinski definition) is 2. The van der Waals surface area contributed by atoms with Crippen LogP contribution in [-0.4, -0.2) is 11.6 Å². The Kier molecular flexibility index (Phi) is 4.35. The van der Waals surface area contributed by atoms with E-state index in [1.807, 2.05) is 6.92 Å². The molecule has 1 aromatic rings. The maximum absolute atomic E-state index is 12.7. The van der Waals surface area contributed by atoms with Gasteiger partial charge in [-0.25, -0.2) is 4.39 Å². The second-order valence-electron chi connectivity index (χ2n) is 3.81. The molecule has 2 nitrogen and oxygen atoms in total. The number of carbonyl (C=O) groups is 2. The number of halogens is 1. The first kappa shape index (κ1) is 12.6. The van der Waals surface area contributed by atoms with Crippen molar-refractivity contribution in [2.75, 3.05) is 0 Å². The van der Waals surface area contributed by atoms with Crippen molar-refractivity contribution in [2.24, 2.45) is 5.92 Å². The van der Waals surface area contributed by atoms with Crippen LogP contribution in [0, 0.1) is 11.7 Å². The molecule has 0 bridgehead atoms. The van der Waals surface area contributed by atoms with Crippen molar-refractivity contribution in [1.82, 2.24) is 0 Å². The van der Waals surface area contributed by atoms with Crippen LogP contribution in [0.5, 0.6) is 0 Å². The van der Waals surface area contributed by atoms with Crippen LogP contribution in [0.25, 0.3) is 0 Å². The number of rotatable bonds is 5. The Labute approximate surface area is 94.5 Å². The maximum Gasteiger partial charge on any atom is 0.173 e. The Balaban J connectivity index is 2.78. The summed E-state index contributed by atoms with van der Waals surface area (Å²) in [6.45, 7) is 3.50. The molecular formula is C13H15FO2. The molecule has 0 heterocycles. The smallest absolute Gasteiger partial charge is 0.173 e. The summed E-state index contributed by atoms with van der Waals surface area (Å²) in [6.07, 6.45) is 1.15. The zero-order valence-electron chi connectivity index (χ0n) is 9.50. The Morgan fingerprint density at radius 1 is 1.25 bits per heavy atom. The molecule has 0 fully saturated rings. The van der Waals surface area contributed by atoms with E-state index < -0.39 is 5.92 Å². The number of benzene rings is 1. The lowest BCUT2D eigenvalue weighted by Crippen LogP contribution is -2.20. The number of hydrogen-bond donors (Lipinski definition) is 0. The van der Waals surface area contributed by atoms with E-state index >= 15 is 0 Å². The summed E-state index contributed by atoms with van der Waals surface area (Å²) in [6, 6.07) is 5.27. The average Bonchev–Trinajstić information content (AvgIpc) is 2.28. The predicted molar refractivity (Wildman–Crippen MR) is 59.8 cm³/mol. The molecule has 0 aliphatic heterocycles. The van der Waals surface area contributed by atoms with Gasteiger partial charge in [-0.05, 0) is 37.6 Å². The van der Waals surface area contributed by atoms with Crippen molar-refractivity contribution in [3.8, 4) is 0 Å². The largest absolute Gasteiger partial charge is 0.299 e. The third-order valence-corrected chi connectivity index (χ3v) is 2.50. The van der Waals surface area contributed by atoms with Gasteiger partial charge in [0.05, 0.1) is 5.92 Å². The zero-order valence-corrected chi connectivity index (χ0v) is 9.50. The molecule has 0 radical (unpaired) electrons. The van der Waals surface area contributed by atoms with Gasteiger partial charge in [-0.15, -0.1) is 0 Å². The van der Waals surface area contributed by atoms with Gasteiger partial charge >= 0.3 is 0 Å². The van der Waals surface area contributed by atoms with Gasteiger partial charge in [0.2, 0.25) is 0 Å². The summed E-state index contributed by atoms with van der Waals surface area (Å²) in [5, 5.41) is 0. The van der Waals surface area contributed by atoms with Crippen molar-refractivity contribution in [1.29, 1.82) is 0 Å². The number of carbonyl (C=O) groups excluding carboxylic acids is 2. The van der Waals surface area contributed by atoms with Crippen LogP contribution in [0.3, 0.4) is 0 Å². The lowest BCUT2D eigenvalue weighted by Gasteiger charge is -2.08. The quantitative estimate of drug-likeness (QED) is 0.567. The van der Waals surface area contributed by atoms with E-state index in [4.69, 9.17) is 0 Å². The van der Waals surface area contributed by atoms with Crippen molar-refractivity contribution in [3.63, 3.8) is 0 Å². The monoisotopic (exact) mass is 222 g/mol. The van der Waals surface area contributed by atoms with Crippen molar-refractivity contribution >= 4 is 11.6 Å². The molecule has 0 aliphatic carbocycles. The third kappa shape index (κ3) is 2.99. The molecule has 16 heavy (non-hydrogen) atoms. The first-order chi connectivity index (χ1) is 7.56. The molecule has 1 rings (SSSR count). The minimum absolute atomic E-state index is 0.0585. The highest BCUT2D eigenvalue weighted by atomic mass is 19.1. The van der Waals surface area contributed by atoms with E-state index in [9.17, 15) is 14.0 Å². The van der Waals surface area contributed by atoms with Crippen LogP contribution in [0.4, 0.5) is 4.39 Å². The first-order valence-electron chi connectivity index (χ1n) is 5.38. The van der Waals surface area contributed by atoms with E-state index in [1.165, 1.54) is 24.3 Å². The average molecular weight is 222 g/mol. The molecule has 1 aromatic carbocycles. The van der Waals surface area contributed by atoms with Gasteiger partial charge in [-0.2, -0.15) is 0 Å². The van der Waals surface area contributed by atoms with Crippen molar-refractivity contribution in [2.45, 2.75) is 26.7 Å². The minimum atomic E-state index is -0.634.